The van der Waals surface area contributed by atoms with Gasteiger partial charge in [0.15, 0.2) is 0 Å². The van der Waals surface area contributed by atoms with Crippen LogP contribution in [0.25, 0.3) is 0 Å². The van der Waals surface area contributed by atoms with Crippen molar-refractivity contribution in [2.45, 2.75) is 39.7 Å². The second kappa shape index (κ2) is 8.76. The summed E-state index contributed by atoms with van der Waals surface area (Å²) in [5.41, 5.74) is 0.414. The number of nitrogens with zero attached hydrogens (tertiary/aromatic N) is 1. The zero-order valence-electron chi connectivity index (χ0n) is 14.2. The molecule has 0 radical (unpaired) electrons. The van der Waals surface area contributed by atoms with Crippen LogP contribution in [0.1, 0.15) is 33.6 Å². The van der Waals surface area contributed by atoms with E-state index in [-0.39, 0.29) is 18.5 Å². The van der Waals surface area contributed by atoms with Crippen molar-refractivity contribution in [3.8, 4) is 5.75 Å². The fourth-order valence-electron chi connectivity index (χ4n) is 2.25. The number of nitrogens with one attached hydrogen (secondary N) is 1. The molecule has 0 aromatic heterocycles. The van der Waals surface area contributed by atoms with Crippen LogP contribution < -0.4 is 14.4 Å². The van der Waals surface area contributed by atoms with Crippen LogP contribution in [0.15, 0.2) is 24.3 Å². The summed E-state index contributed by atoms with van der Waals surface area (Å²) in [7, 11) is -3.58. The van der Waals surface area contributed by atoms with E-state index in [0.29, 0.717) is 18.0 Å². The molecule has 1 N–H and O–H groups in total. The number of benzene rings is 1. The number of rotatable bonds is 9. The second-order valence-electron chi connectivity index (χ2n) is 5.46. The van der Waals surface area contributed by atoms with E-state index in [9.17, 15) is 13.2 Å². The van der Waals surface area contributed by atoms with Crippen LogP contribution in [0, 0.1) is 0 Å². The summed E-state index contributed by atoms with van der Waals surface area (Å²) in [5.74, 6) is 0.247. The number of hydrogen-bond donors (Lipinski definition) is 1. The highest BCUT2D eigenvalue weighted by molar-refractivity contribution is 7.92. The quantitative estimate of drug-likeness (QED) is 0.746. The van der Waals surface area contributed by atoms with Crippen molar-refractivity contribution in [1.29, 1.82) is 0 Å². The van der Waals surface area contributed by atoms with Crippen molar-refractivity contribution in [2.24, 2.45) is 0 Å². The van der Waals surface area contributed by atoms with E-state index in [4.69, 9.17) is 4.74 Å². The summed E-state index contributed by atoms with van der Waals surface area (Å²) >= 11 is 0. The molecule has 1 rings (SSSR count). The predicted octanol–water partition coefficient (Wildman–Crippen LogP) is 2.16. The van der Waals surface area contributed by atoms with Crippen molar-refractivity contribution in [3.63, 3.8) is 0 Å². The van der Waals surface area contributed by atoms with Crippen LogP contribution in [0.3, 0.4) is 0 Å². The summed E-state index contributed by atoms with van der Waals surface area (Å²) in [5, 5.41) is 2.82. The largest absolute Gasteiger partial charge is 0.494 e. The Hall–Kier alpha value is -1.76. The molecule has 130 valence electrons. The number of ether oxygens (including phenoxy) is 1. The number of anilines is 1. The normalized spacial score (nSPS) is 12.5. The van der Waals surface area contributed by atoms with Gasteiger partial charge < -0.3 is 10.1 Å². The maximum Gasteiger partial charge on any atom is 0.240 e. The van der Waals surface area contributed by atoms with Gasteiger partial charge in [0, 0.05) is 12.1 Å². The molecular formula is C16H26N2O4S. The molecule has 0 heterocycles. The van der Waals surface area contributed by atoms with Crippen molar-refractivity contribution in [2.75, 3.05) is 23.7 Å². The van der Waals surface area contributed by atoms with E-state index in [1.165, 1.54) is 0 Å². The van der Waals surface area contributed by atoms with Gasteiger partial charge in [-0.25, -0.2) is 8.42 Å². The van der Waals surface area contributed by atoms with Crippen LogP contribution in [0.5, 0.6) is 5.75 Å². The average Bonchev–Trinajstić information content (AvgIpc) is 2.44. The standard InChI is InChI=1S/C16H26N2O4S/c1-5-8-13(3)17-16(19)12-18(23(4,20)21)14-9-7-10-15(11-14)22-6-2/h7,9-11,13H,5-6,8,12H2,1-4H3,(H,17,19). The van der Waals surface area contributed by atoms with Gasteiger partial charge in [-0.15, -0.1) is 0 Å². The third kappa shape index (κ3) is 6.48. The lowest BCUT2D eigenvalue weighted by Crippen LogP contribution is -2.43. The maximum absolute atomic E-state index is 12.1. The van der Waals surface area contributed by atoms with Gasteiger partial charge in [0.25, 0.3) is 0 Å². The van der Waals surface area contributed by atoms with Crippen molar-refractivity contribution in [3.05, 3.63) is 24.3 Å². The molecule has 1 atom stereocenters. The first kappa shape index (κ1) is 19.3. The van der Waals surface area contributed by atoms with Crippen LogP contribution in [-0.4, -0.2) is 39.8 Å². The van der Waals surface area contributed by atoms with Gasteiger partial charge >= 0.3 is 0 Å². The molecule has 0 spiro atoms. The van der Waals surface area contributed by atoms with E-state index in [2.05, 4.69) is 5.32 Å². The minimum atomic E-state index is -3.58. The summed E-state index contributed by atoms with van der Waals surface area (Å²) in [4.78, 5) is 12.1. The number of hydrogen-bond acceptors (Lipinski definition) is 4. The van der Waals surface area contributed by atoms with Crippen LogP contribution in [0.2, 0.25) is 0 Å². The number of carbonyl (C=O) groups excluding carboxylic acids is 1. The first-order valence-electron chi connectivity index (χ1n) is 7.77. The fourth-order valence-corrected chi connectivity index (χ4v) is 3.10. The Labute approximate surface area is 138 Å². The highest BCUT2D eigenvalue weighted by atomic mass is 32.2. The molecule has 0 aliphatic rings. The Morgan fingerprint density at radius 1 is 1.35 bits per heavy atom. The average molecular weight is 342 g/mol. The SMILES string of the molecule is CCCC(C)NC(=O)CN(c1cccc(OCC)c1)S(C)(=O)=O. The monoisotopic (exact) mass is 342 g/mol. The maximum atomic E-state index is 12.1. The molecule has 0 aliphatic carbocycles. The van der Waals surface area contributed by atoms with Gasteiger partial charge in [0.2, 0.25) is 15.9 Å². The minimum absolute atomic E-state index is 0.0173. The summed E-state index contributed by atoms with van der Waals surface area (Å²) < 4.78 is 30.6. The predicted molar refractivity (Wildman–Crippen MR) is 92.3 cm³/mol. The number of carbonyl (C=O) groups is 1. The van der Waals surface area contributed by atoms with Crippen molar-refractivity contribution >= 4 is 21.6 Å². The molecular weight excluding hydrogens is 316 g/mol. The lowest BCUT2D eigenvalue weighted by Gasteiger charge is -2.23. The Balaban J connectivity index is 2.94. The zero-order valence-corrected chi connectivity index (χ0v) is 15.0. The van der Waals surface area contributed by atoms with Gasteiger partial charge in [-0.1, -0.05) is 19.4 Å². The Bertz CT molecular complexity index is 616. The molecule has 1 aromatic rings. The first-order valence-corrected chi connectivity index (χ1v) is 9.62. The highest BCUT2D eigenvalue weighted by Gasteiger charge is 2.21. The molecule has 0 bridgehead atoms. The second-order valence-corrected chi connectivity index (χ2v) is 7.36. The fraction of sp³-hybridized carbons (Fsp3) is 0.562. The Morgan fingerprint density at radius 3 is 2.61 bits per heavy atom. The van der Waals surface area contributed by atoms with E-state index in [0.717, 1.165) is 23.4 Å². The smallest absolute Gasteiger partial charge is 0.240 e. The Kier molecular flexibility index (Phi) is 7.35. The van der Waals surface area contributed by atoms with Crippen LogP contribution >= 0.6 is 0 Å². The van der Waals surface area contributed by atoms with E-state index >= 15 is 0 Å². The van der Waals surface area contributed by atoms with E-state index in [1.807, 2.05) is 20.8 Å². The summed E-state index contributed by atoms with van der Waals surface area (Å²) in [6.45, 7) is 6.02. The van der Waals surface area contributed by atoms with Gasteiger partial charge in [0.1, 0.15) is 12.3 Å². The van der Waals surface area contributed by atoms with Gasteiger partial charge in [-0.05, 0) is 32.4 Å². The van der Waals surface area contributed by atoms with E-state index in [1.54, 1.807) is 24.3 Å². The number of sulfonamides is 1. The molecule has 1 amide bonds. The molecule has 6 nitrogen and oxygen atoms in total. The molecule has 7 heteroatoms. The van der Waals surface area contributed by atoms with Crippen LogP contribution in [0.4, 0.5) is 5.69 Å². The molecule has 0 saturated carbocycles. The molecule has 0 fully saturated rings. The molecule has 1 aromatic carbocycles. The van der Waals surface area contributed by atoms with Crippen molar-refractivity contribution in [1.82, 2.24) is 5.32 Å². The minimum Gasteiger partial charge on any atom is -0.494 e. The van der Waals surface area contributed by atoms with Gasteiger partial charge in [-0.2, -0.15) is 0 Å². The summed E-state index contributed by atoms with van der Waals surface area (Å²) in [6, 6.07) is 6.73. The Morgan fingerprint density at radius 2 is 2.04 bits per heavy atom. The van der Waals surface area contributed by atoms with Gasteiger partial charge in [-0.3, -0.25) is 9.10 Å². The summed E-state index contributed by atoms with van der Waals surface area (Å²) in [6.07, 6.45) is 2.89. The van der Waals surface area contributed by atoms with Crippen LogP contribution in [-0.2, 0) is 14.8 Å². The first-order chi connectivity index (χ1) is 10.8. The molecule has 0 aliphatic heterocycles. The van der Waals surface area contributed by atoms with E-state index < -0.39 is 10.0 Å². The van der Waals surface area contributed by atoms with Gasteiger partial charge in [0.05, 0.1) is 18.6 Å². The molecule has 23 heavy (non-hydrogen) atoms. The van der Waals surface area contributed by atoms with Crippen molar-refractivity contribution < 1.29 is 17.9 Å². The number of amides is 1. The topological polar surface area (TPSA) is 75.7 Å². The zero-order chi connectivity index (χ0) is 17.5. The molecule has 0 saturated heterocycles. The lowest BCUT2D eigenvalue weighted by atomic mass is 10.2. The highest BCUT2D eigenvalue weighted by Crippen LogP contribution is 2.23. The third-order valence-corrected chi connectivity index (χ3v) is 4.37. The molecule has 1 unspecified atom stereocenters. The third-order valence-electron chi connectivity index (χ3n) is 3.23. The lowest BCUT2D eigenvalue weighted by molar-refractivity contribution is -0.120.